The summed E-state index contributed by atoms with van der Waals surface area (Å²) >= 11 is 1.39. The molecule has 3 aromatic rings. The van der Waals surface area contributed by atoms with Gasteiger partial charge < -0.3 is 9.26 Å². The van der Waals surface area contributed by atoms with Crippen LogP contribution < -0.4 is 5.32 Å². The third-order valence-corrected chi connectivity index (χ3v) is 5.10. The Balaban J connectivity index is 1.42. The lowest BCUT2D eigenvalue weighted by Gasteiger charge is -2.04. The van der Waals surface area contributed by atoms with Crippen LogP contribution in [0.2, 0.25) is 0 Å². The molecule has 1 aromatic carbocycles. The maximum atomic E-state index is 12.0. The van der Waals surface area contributed by atoms with E-state index in [0.717, 1.165) is 16.0 Å². The van der Waals surface area contributed by atoms with E-state index in [0.29, 0.717) is 10.6 Å². The molecule has 3 rings (SSSR count). The Labute approximate surface area is 171 Å². The molecule has 0 atom stereocenters. The summed E-state index contributed by atoms with van der Waals surface area (Å²) in [5, 5.41) is 6.39. The SMILES string of the molecule is Cc1ccc(-c2cc(NC(=O)COC(=O)CCC(=O)c3ccc(C)s3)on2)cc1. The second kappa shape index (κ2) is 9.29. The molecule has 0 saturated heterocycles. The van der Waals surface area contributed by atoms with Gasteiger partial charge in [0.1, 0.15) is 5.69 Å². The number of anilines is 1. The van der Waals surface area contributed by atoms with Gasteiger partial charge in [0.2, 0.25) is 5.88 Å². The maximum absolute atomic E-state index is 12.0. The highest BCUT2D eigenvalue weighted by Crippen LogP contribution is 2.22. The summed E-state index contributed by atoms with van der Waals surface area (Å²) in [4.78, 5) is 37.3. The van der Waals surface area contributed by atoms with Gasteiger partial charge in [-0.1, -0.05) is 35.0 Å². The number of Topliss-reactive ketones (excluding diaryl/α,β-unsaturated/α-hetero) is 1. The van der Waals surface area contributed by atoms with E-state index in [2.05, 4.69) is 10.5 Å². The van der Waals surface area contributed by atoms with E-state index in [1.54, 1.807) is 12.1 Å². The molecule has 7 nitrogen and oxygen atoms in total. The number of thiophene rings is 1. The van der Waals surface area contributed by atoms with Crippen LogP contribution in [0.15, 0.2) is 47.0 Å². The summed E-state index contributed by atoms with van der Waals surface area (Å²) < 4.78 is 10.0. The fourth-order valence-electron chi connectivity index (χ4n) is 2.51. The van der Waals surface area contributed by atoms with Crippen LogP contribution in [0.3, 0.4) is 0 Å². The highest BCUT2D eigenvalue weighted by Gasteiger charge is 2.14. The molecule has 0 aliphatic heterocycles. The highest BCUT2D eigenvalue weighted by molar-refractivity contribution is 7.14. The van der Waals surface area contributed by atoms with Crippen molar-refractivity contribution in [2.75, 3.05) is 11.9 Å². The van der Waals surface area contributed by atoms with Crippen molar-refractivity contribution in [1.82, 2.24) is 5.16 Å². The average Bonchev–Trinajstić information content (AvgIpc) is 3.34. The Hall–Kier alpha value is -3.26. The molecule has 0 radical (unpaired) electrons. The van der Waals surface area contributed by atoms with E-state index in [9.17, 15) is 14.4 Å². The number of benzene rings is 1. The number of hydrogen-bond acceptors (Lipinski definition) is 7. The molecule has 2 heterocycles. The number of carbonyl (C=O) groups is 3. The molecular weight excluding hydrogens is 392 g/mol. The Morgan fingerprint density at radius 1 is 1.07 bits per heavy atom. The Morgan fingerprint density at radius 2 is 1.83 bits per heavy atom. The highest BCUT2D eigenvalue weighted by atomic mass is 32.1. The standard InChI is InChI=1S/C21H20N2O5S/c1-13-3-6-15(7-4-13)16-11-20(28-23-16)22-19(25)12-27-21(26)10-8-17(24)18-9-5-14(2)29-18/h3-7,9,11H,8,10,12H2,1-2H3,(H,22,25). The number of esters is 1. The molecule has 2 aromatic heterocycles. The smallest absolute Gasteiger partial charge is 0.306 e. The van der Waals surface area contributed by atoms with E-state index < -0.39 is 18.5 Å². The first-order valence-electron chi connectivity index (χ1n) is 8.99. The number of aromatic nitrogens is 1. The number of ether oxygens (including phenoxy) is 1. The summed E-state index contributed by atoms with van der Waals surface area (Å²) in [5.41, 5.74) is 2.57. The summed E-state index contributed by atoms with van der Waals surface area (Å²) in [6.45, 7) is 3.43. The Bertz CT molecular complexity index is 1020. The van der Waals surface area contributed by atoms with Gasteiger partial charge in [-0.05, 0) is 26.0 Å². The van der Waals surface area contributed by atoms with Gasteiger partial charge in [0.25, 0.3) is 5.91 Å². The number of carbonyl (C=O) groups excluding carboxylic acids is 3. The van der Waals surface area contributed by atoms with Crippen LogP contribution in [-0.4, -0.2) is 29.4 Å². The zero-order valence-electron chi connectivity index (χ0n) is 16.1. The molecule has 0 spiro atoms. The Morgan fingerprint density at radius 3 is 2.52 bits per heavy atom. The van der Waals surface area contributed by atoms with E-state index in [1.165, 1.54) is 11.3 Å². The monoisotopic (exact) mass is 412 g/mol. The molecule has 0 aliphatic carbocycles. The van der Waals surface area contributed by atoms with E-state index in [-0.39, 0.29) is 24.5 Å². The lowest BCUT2D eigenvalue weighted by Crippen LogP contribution is -2.20. The van der Waals surface area contributed by atoms with Gasteiger partial charge in [-0.25, -0.2) is 0 Å². The molecule has 150 valence electrons. The fraction of sp³-hybridized carbons (Fsp3) is 0.238. The topological polar surface area (TPSA) is 98.5 Å². The zero-order valence-corrected chi connectivity index (χ0v) is 16.9. The molecule has 1 amide bonds. The maximum Gasteiger partial charge on any atom is 0.306 e. The average molecular weight is 412 g/mol. The molecule has 0 saturated carbocycles. The van der Waals surface area contributed by atoms with Crippen molar-refractivity contribution >= 4 is 34.9 Å². The summed E-state index contributed by atoms with van der Waals surface area (Å²) in [6.07, 6.45) is -0.0363. The first-order chi connectivity index (χ1) is 13.9. The van der Waals surface area contributed by atoms with Crippen molar-refractivity contribution in [3.05, 3.63) is 57.8 Å². The summed E-state index contributed by atoms with van der Waals surface area (Å²) in [5.74, 6) is -1.12. The van der Waals surface area contributed by atoms with Gasteiger partial charge in [-0.15, -0.1) is 11.3 Å². The fourth-order valence-corrected chi connectivity index (χ4v) is 3.34. The van der Waals surface area contributed by atoms with Crippen LogP contribution in [0.1, 0.15) is 33.0 Å². The van der Waals surface area contributed by atoms with E-state index in [4.69, 9.17) is 9.26 Å². The minimum atomic E-state index is -0.611. The molecule has 0 unspecified atom stereocenters. The number of hydrogen-bond donors (Lipinski definition) is 1. The van der Waals surface area contributed by atoms with Crippen LogP contribution in [0.25, 0.3) is 11.3 Å². The van der Waals surface area contributed by atoms with Gasteiger partial charge in [0, 0.05) is 22.9 Å². The molecular formula is C21H20N2O5S. The second-order valence-electron chi connectivity index (χ2n) is 6.48. The van der Waals surface area contributed by atoms with Crippen molar-refractivity contribution in [3.8, 4) is 11.3 Å². The van der Waals surface area contributed by atoms with Gasteiger partial charge >= 0.3 is 5.97 Å². The number of amides is 1. The normalized spacial score (nSPS) is 10.6. The lowest BCUT2D eigenvalue weighted by atomic mass is 10.1. The zero-order chi connectivity index (χ0) is 20.8. The number of ketones is 1. The van der Waals surface area contributed by atoms with E-state index >= 15 is 0 Å². The van der Waals surface area contributed by atoms with Gasteiger partial charge in [0.15, 0.2) is 12.4 Å². The van der Waals surface area contributed by atoms with Gasteiger partial charge in [0.05, 0.1) is 11.3 Å². The van der Waals surface area contributed by atoms with Crippen molar-refractivity contribution < 1.29 is 23.6 Å². The summed E-state index contributed by atoms with van der Waals surface area (Å²) in [7, 11) is 0. The molecule has 0 aliphatic rings. The molecule has 8 heteroatoms. The number of nitrogens with zero attached hydrogens (tertiary/aromatic N) is 1. The third-order valence-electron chi connectivity index (χ3n) is 4.06. The molecule has 0 bridgehead atoms. The van der Waals surface area contributed by atoms with Crippen molar-refractivity contribution in [3.63, 3.8) is 0 Å². The number of aryl methyl sites for hydroxylation is 2. The van der Waals surface area contributed by atoms with Crippen molar-refractivity contribution in [2.45, 2.75) is 26.7 Å². The van der Waals surface area contributed by atoms with Crippen LogP contribution in [0, 0.1) is 13.8 Å². The van der Waals surface area contributed by atoms with Crippen LogP contribution in [-0.2, 0) is 14.3 Å². The minimum Gasteiger partial charge on any atom is -0.456 e. The van der Waals surface area contributed by atoms with Crippen LogP contribution in [0.5, 0.6) is 0 Å². The lowest BCUT2D eigenvalue weighted by molar-refractivity contribution is -0.147. The first-order valence-corrected chi connectivity index (χ1v) is 9.81. The largest absolute Gasteiger partial charge is 0.456 e. The summed E-state index contributed by atoms with van der Waals surface area (Å²) in [6, 6.07) is 12.9. The molecule has 1 N–H and O–H groups in total. The van der Waals surface area contributed by atoms with E-state index in [1.807, 2.05) is 44.2 Å². The first kappa shape index (κ1) is 20.5. The number of nitrogens with one attached hydrogen (secondary N) is 1. The number of rotatable bonds is 8. The molecule has 29 heavy (non-hydrogen) atoms. The molecule has 0 fully saturated rings. The van der Waals surface area contributed by atoms with Crippen molar-refractivity contribution in [1.29, 1.82) is 0 Å². The minimum absolute atomic E-state index is 0.0441. The van der Waals surface area contributed by atoms with Gasteiger partial charge in [-0.3, -0.25) is 19.7 Å². The van der Waals surface area contributed by atoms with Crippen LogP contribution >= 0.6 is 11.3 Å². The predicted octanol–water partition coefficient (Wildman–Crippen LogP) is 4.16. The second-order valence-corrected chi connectivity index (χ2v) is 7.77. The third kappa shape index (κ3) is 5.86. The van der Waals surface area contributed by atoms with Crippen molar-refractivity contribution in [2.24, 2.45) is 0 Å². The Kier molecular flexibility index (Phi) is 6.56. The predicted molar refractivity (Wildman–Crippen MR) is 109 cm³/mol. The van der Waals surface area contributed by atoms with Crippen LogP contribution in [0.4, 0.5) is 5.88 Å². The quantitative estimate of drug-likeness (QED) is 0.440. The van der Waals surface area contributed by atoms with Gasteiger partial charge in [-0.2, -0.15) is 0 Å².